The molecule has 0 bridgehead atoms. The van der Waals surface area contributed by atoms with Crippen molar-refractivity contribution in [2.24, 2.45) is 0 Å². The van der Waals surface area contributed by atoms with Gasteiger partial charge in [-0.2, -0.15) is 0 Å². The predicted molar refractivity (Wildman–Crippen MR) is 82.1 cm³/mol. The lowest BCUT2D eigenvalue weighted by molar-refractivity contribution is 0.291. The Morgan fingerprint density at radius 2 is 1.81 bits per heavy atom. The Bertz CT molecular complexity index is 586. The third-order valence-electron chi connectivity index (χ3n) is 3.66. The lowest BCUT2D eigenvalue weighted by Gasteiger charge is -2.14. The van der Waals surface area contributed by atoms with Crippen LogP contribution >= 0.6 is 0 Å². The molecule has 0 radical (unpaired) electrons. The van der Waals surface area contributed by atoms with Gasteiger partial charge in [-0.05, 0) is 49.4 Å². The molecule has 0 atom stereocenters. The molecule has 0 unspecified atom stereocenters. The van der Waals surface area contributed by atoms with Crippen molar-refractivity contribution >= 4 is 0 Å². The first-order valence-electron chi connectivity index (χ1n) is 7.44. The summed E-state index contributed by atoms with van der Waals surface area (Å²) in [5.41, 5.74) is 3.65. The molecule has 4 nitrogen and oxygen atoms in total. The summed E-state index contributed by atoms with van der Waals surface area (Å²) in [6.45, 7) is 5.53. The van der Waals surface area contributed by atoms with Crippen LogP contribution in [0.5, 0.6) is 5.75 Å². The van der Waals surface area contributed by atoms with Gasteiger partial charge in [0.2, 0.25) is 0 Å². The number of aromatic nitrogens is 2. The van der Waals surface area contributed by atoms with E-state index in [2.05, 4.69) is 41.3 Å². The predicted octanol–water partition coefficient (Wildman–Crippen LogP) is 2.92. The maximum atomic E-state index is 5.90. The number of rotatable bonds is 6. The molecule has 0 aliphatic heterocycles. The van der Waals surface area contributed by atoms with E-state index in [-0.39, 0.29) is 0 Å². The smallest absolute Gasteiger partial charge is 0.166 e. The minimum atomic E-state index is 0.405. The van der Waals surface area contributed by atoms with Crippen LogP contribution < -0.4 is 10.1 Å². The first kappa shape index (κ1) is 14.0. The van der Waals surface area contributed by atoms with E-state index in [9.17, 15) is 0 Å². The highest BCUT2D eigenvalue weighted by atomic mass is 16.5. The van der Waals surface area contributed by atoms with Crippen LogP contribution in [0.25, 0.3) is 0 Å². The Labute approximate surface area is 125 Å². The number of nitrogens with zero attached hydrogens (tertiary/aromatic N) is 2. The van der Waals surface area contributed by atoms with E-state index in [0.717, 1.165) is 18.3 Å². The number of hydrogen-bond acceptors (Lipinski definition) is 4. The van der Waals surface area contributed by atoms with Crippen molar-refractivity contribution in [1.29, 1.82) is 0 Å². The van der Waals surface area contributed by atoms with Gasteiger partial charge in [0.25, 0.3) is 0 Å². The Morgan fingerprint density at radius 1 is 1.14 bits per heavy atom. The fraction of sp³-hybridized carbons (Fsp3) is 0.412. The lowest BCUT2D eigenvalue weighted by Crippen LogP contribution is -2.15. The van der Waals surface area contributed by atoms with Crippen molar-refractivity contribution in [3.8, 4) is 5.75 Å². The molecule has 1 saturated carbocycles. The normalized spacial score (nSPS) is 14.2. The molecule has 4 heteroatoms. The van der Waals surface area contributed by atoms with E-state index in [0.29, 0.717) is 12.4 Å². The molecule has 0 amide bonds. The summed E-state index contributed by atoms with van der Waals surface area (Å²) in [5, 5.41) is 3.54. The highest BCUT2D eigenvalue weighted by molar-refractivity contribution is 5.43. The summed E-state index contributed by atoms with van der Waals surface area (Å²) in [5.74, 6) is 1.65. The van der Waals surface area contributed by atoms with Crippen LogP contribution in [0.15, 0.2) is 30.6 Å². The fourth-order valence-corrected chi connectivity index (χ4v) is 2.46. The largest absolute Gasteiger partial charge is 0.485 e. The second-order valence-corrected chi connectivity index (χ2v) is 5.67. The van der Waals surface area contributed by atoms with Gasteiger partial charge in [0.05, 0.1) is 0 Å². The summed E-state index contributed by atoms with van der Waals surface area (Å²) >= 11 is 0. The zero-order valence-corrected chi connectivity index (χ0v) is 12.6. The molecule has 110 valence electrons. The van der Waals surface area contributed by atoms with Crippen molar-refractivity contribution in [1.82, 2.24) is 15.3 Å². The maximum Gasteiger partial charge on any atom is 0.166 e. The molecule has 0 saturated heterocycles. The van der Waals surface area contributed by atoms with Crippen LogP contribution in [-0.2, 0) is 13.2 Å². The molecular formula is C17H21N3O. The molecule has 1 aromatic heterocycles. The van der Waals surface area contributed by atoms with Crippen molar-refractivity contribution in [2.45, 2.75) is 45.9 Å². The van der Waals surface area contributed by atoms with Gasteiger partial charge in [-0.3, -0.25) is 0 Å². The standard InChI is InChI=1S/C17H21N3O/c1-12-8-14(10-20-15-4-5-15)9-13(2)17(12)21-11-16-18-6-3-7-19-16/h3,6-9,15,20H,4-5,10-11H2,1-2H3. The van der Waals surface area contributed by atoms with E-state index >= 15 is 0 Å². The van der Waals surface area contributed by atoms with Crippen LogP contribution in [0.4, 0.5) is 0 Å². The SMILES string of the molecule is Cc1cc(CNC2CC2)cc(C)c1OCc1ncccn1. The van der Waals surface area contributed by atoms with Gasteiger partial charge in [-0.1, -0.05) is 12.1 Å². The van der Waals surface area contributed by atoms with E-state index in [4.69, 9.17) is 4.74 Å². The second kappa shape index (κ2) is 6.22. The molecule has 2 aromatic rings. The Kier molecular flexibility index (Phi) is 4.15. The van der Waals surface area contributed by atoms with Crippen molar-refractivity contribution in [2.75, 3.05) is 0 Å². The molecule has 21 heavy (non-hydrogen) atoms. The van der Waals surface area contributed by atoms with Gasteiger partial charge in [0, 0.05) is 25.0 Å². The quantitative estimate of drug-likeness (QED) is 0.885. The van der Waals surface area contributed by atoms with E-state index in [1.54, 1.807) is 12.4 Å². The summed E-state index contributed by atoms with van der Waals surface area (Å²) in [6.07, 6.45) is 6.10. The van der Waals surface area contributed by atoms with Gasteiger partial charge in [0.15, 0.2) is 5.82 Å². The fourth-order valence-electron chi connectivity index (χ4n) is 2.46. The topological polar surface area (TPSA) is 47.0 Å². The summed E-state index contributed by atoms with van der Waals surface area (Å²) in [4.78, 5) is 8.36. The molecule has 1 aromatic carbocycles. The van der Waals surface area contributed by atoms with Crippen LogP contribution in [0.3, 0.4) is 0 Å². The maximum absolute atomic E-state index is 5.90. The lowest BCUT2D eigenvalue weighted by atomic mass is 10.1. The summed E-state index contributed by atoms with van der Waals surface area (Å²) in [6, 6.07) is 6.94. The van der Waals surface area contributed by atoms with Crippen LogP contribution in [-0.4, -0.2) is 16.0 Å². The van der Waals surface area contributed by atoms with E-state index in [1.165, 1.54) is 29.5 Å². The molecule has 1 fully saturated rings. The minimum Gasteiger partial charge on any atom is -0.485 e. The van der Waals surface area contributed by atoms with Gasteiger partial charge in [0.1, 0.15) is 12.4 Å². The number of benzene rings is 1. The van der Waals surface area contributed by atoms with Gasteiger partial charge in [-0.25, -0.2) is 9.97 Å². The average molecular weight is 283 g/mol. The molecule has 3 rings (SSSR count). The minimum absolute atomic E-state index is 0.405. The Morgan fingerprint density at radius 3 is 2.43 bits per heavy atom. The highest BCUT2D eigenvalue weighted by Crippen LogP contribution is 2.26. The van der Waals surface area contributed by atoms with Crippen molar-refractivity contribution in [3.05, 3.63) is 53.1 Å². The number of hydrogen-bond donors (Lipinski definition) is 1. The number of aryl methyl sites for hydroxylation is 2. The van der Waals surface area contributed by atoms with E-state index < -0.39 is 0 Å². The number of ether oxygens (including phenoxy) is 1. The summed E-state index contributed by atoms with van der Waals surface area (Å²) in [7, 11) is 0. The van der Waals surface area contributed by atoms with Crippen molar-refractivity contribution < 1.29 is 4.74 Å². The third-order valence-corrected chi connectivity index (χ3v) is 3.66. The van der Waals surface area contributed by atoms with Crippen LogP contribution in [0, 0.1) is 13.8 Å². The average Bonchev–Trinajstić information content (AvgIpc) is 3.29. The molecule has 0 spiro atoms. The van der Waals surface area contributed by atoms with E-state index in [1.807, 2.05) is 6.07 Å². The Balaban J connectivity index is 1.66. The first-order valence-corrected chi connectivity index (χ1v) is 7.44. The molecule has 1 heterocycles. The number of nitrogens with one attached hydrogen (secondary N) is 1. The Hall–Kier alpha value is -1.94. The molecule has 1 N–H and O–H groups in total. The monoisotopic (exact) mass is 283 g/mol. The molecule has 1 aliphatic carbocycles. The van der Waals surface area contributed by atoms with Gasteiger partial charge < -0.3 is 10.1 Å². The second-order valence-electron chi connectivity index (χ2n) is 5.67. The zero-order chi connectivity index (χ0) is 14.7. The van der Waals surface area contributed by atoms with Gasteiger partial charge >= 0.3 is 0 Å². The summed E-state index contributed by atoms with van der Waals surface area (Å²) < 4.78 is 5.90. The van der Waals surface area contributed by atoms with Crippen LogP contribution in [0.2, 0.25) is 0 Å². The highest BCUT2D eigenvalue weighted by Gasteiger charge is 2.20. The first-order chi connectivity index (χ1) is 10.2. The third kappa shape index (κ3) is 3.79. The zero-order valence-electron chi connectivity index (χ0n) is 12.6. The molecular weight excluding hydrogens is 262 g/mol. The molecule has 1 aliphatic rings. The van der Waals surface area contributed by atoms with Crippen molar-refractivity contribution in [3.63, 3.8) is 0 Å². The van der Waals surface area contributed by atoms with Crippen LogP contribution in [0.1, 0.15) is 35.4 Å². The van der Waals surface area contributed by atoms with Gasteiger partial charge in [-0.15, -0.1) is 0 Å².